The van der Waals surface area contributed by atoms with E-state index in [1.54, 1.807) is 18.9 Å². The molecule has 0 N–H and O–H groups in total. The number of carbonyl (C=O) groups excluding carboxylic acids is 1. The molecule has 1 fully saturated rings. The van der Waals surface area contributed by atoms with Gasteiger partial charge in [-0.25, -0.2) is 4.98 Å². The number of ether oxygens (including phenoxy) is 1. The zero-order valence-corrected chi connectivity index (χ0v) is 12.9. The molecule has 20 heavy (non-hydrogen) atoms. The summed E-state index contributed by atoms with van der Waals surface area (Å²) in [4.78, 5) is 19.1. The zero-order valence-electron chi connectivity index (χ0n) is 12.0. The fourth-order valence-electron chi connectivity index (χ4n) is 3.08. The zero-order chi connectivity index (χ0) is 14.1. The van der Waals surface area contributed by atoms with E-state index >= 15 is 0 Å². The minimum absolute atomic E-state index is 0.136. The van der Waals surface area contributed by atoms with Crippen LogP contribution in [0.1, 0.15) is 24.2 Å². The van der Waals surface area contributed by atoms with Crippen LogP contribution in [0.3, 0.4) is 0 Å². The van der Waals surface area contributed by atoms with E-state index in [2.05, 4.69) is 9.55 Å². The van der Waals surface area contributed by atoms with E-state index < -0.39 is 0 Å². The van der Waals surface area contributed by atoms with Crippen LogP contribution >= 0.6 is 11.8 Å². The monoisotopic (exact) mass is 295 g/mol. The average Bonchev–Trinajstić information content (AvgIpc) is 3.09. The van der Waals surface area contributed by atoms with Gasteiger partial charge in [0.05, 0.1) is 36.5 Å². The first kappa shape index (κ1) is 13.9. The van der Waals surface area contributed by atoms with Crippen LogP contribution in [0.15, 0.2) is 6.33 Å². The van der Waals surface area contributed by atoms with E-state index in [-0.39, 0.29) is 17.2 Å². The highest BCUT2D eigenvalue weighted by Crippen LogP contribution is 2.31. The number of imidazole rings is 1. The Morgan fingerprint density at radius 2 is 2.45 bits per heavy atom. The average molecular weight is 295 g/mol. The molecule has 0 radical (unpaired) electrons. The smallest absolute Gasteiger partial charge is 0.236 e. The van der Waals surface area contributed by atoms with Crippen molar-refractivity contribution < 1.29 is 9.53 Å². The normalized spacial score (nSPS) is 25.8. The molecule has 1 saturated heterocycles. The second-order valence-electron chi connectivity index (χ2n) is 5.53. The van der Waals surface area contributed by atoms with Gasteiger partial charge in [0.1, 0.15) is 0 Å². The largest absolute Gasteiger partial charge is 0.383 e. The van der Waals surface area contributed by atoms with Gasteiger partial charge in [-0.15, -0.1) is 11.8 Å². The molecular formula is C14H21N3O2S. The van der Waals surface area contributed by atoms with E-state index in [4.69, 9.17) is 4.74 Å². The SMILES string of the molecule is COC[C@@H]1Cc2c(ncn2C)CN1C(=O)[C@H]1CCCS1. The fourth-order valence-corrected chi connectivity index (χ4v) is 4.31. The van der Waals surface area contributed by atoms with E-state index in [9.17, 15) is 4.79 Å². The molecule has 2 atom stereocenters. The van der Waals surface area contributed by atoms with E-state index in [0.29, 0.717) is 13.2 Å². The number of aryl methyl sites for hydroxylation is 1. The predicted molar refractivity (Wildman–Crippen MR) is 78.6 cm³/mol. The number of amides is 1. The first-order valence-corrected chi connectivity index (χ1v) is 8.15. The topological polar surface area (TPSA) is 47.4 Å². The number of rotatable bonds is 3. The van der Waals surface area contributed by atoms with Gasteiger partial charge in [-0.1, -0.05) is 0 Å². The summed E-state index contributed by atoms with van der Waals surface area (Å²) in [6.45, 7) is 1.22. The van der Waals surface area contributed by atoms with Gasteiger partial charge in [0, 0.05) is 26.3 Å². The molecule has 1 aromatic rings. The molecule has 110 valence electrons. The summed E-state index contributed by atoms with van der Waals surface area (Å²) in [5.74, 6) is 1.37. The molecule has 3 rings (SSSR count). The third kappa shape index (κ3) is 2.46. The standard InChI is InChI=1S/C14H21N3O2S/c1-16-9-15-11-7-17(10(8-19-2)6-12(11)16)14(18)13-4-3-5-20-13/h9-10,13H,3-8H2,1-2H3/t10-,13+/m0/s1. The van der Waals surface area contributed by atoms with Gasteiger partial charge in [0.15, 0.2) is 0 Å². The molecule has 1 amide bonds. The Bertz CT molecular complexity index is 497. The van der Waals surface area contributed by atoms with Crippen LogP contribution in [-0.4, -0.2) is 51.1 Å². The van der Waals surface area contributed by atoms with Crippen LogP contribution in [0.2, 0.25) is 0 Å². The number of fused-ring (bicyclic) bond motifs is 1. The maximum Gasteiger partial charge on any atom is 0.236 e. The lowest BCUT2D eigenvalue weighted by Gasteiger charge is -2.36. The maximum atomic E-state index is 12.7. The number of carbonyl (C=O) groups is 1. The molecule has 2 aliphatic rings. The van der Waals surface area contributed by atoms with Gasteiger partial charge in [0.2, 0.25) is 5.91 Å². The fraction of sp³-hybridized carbons (Fsp3) is 0.714. The Morgan fingerprint density at radius 3 is 3.15 bits per heavy atom. The van der Waals surface area contributed by atoms with E-state index in [1.807, 2.05) is 18.3 Å². The summed E-state index contributed by atoms with van der Waals surface area (Å²) in [6, 6.07) is 0.136. The molecule has 0 unspecified atom stereocenters. The van der Waals surface area contributed by atoms with Gasteiger partial charge in [0.25, 0.3) is 0 Å². The number of methoxy groups -OCH3 is 1. The summed E-state index contributed by atoms with van der Waals surface area (Å²) in [7, 11) is 3.71. The Hall–Kier alpha value is -1.01. The molecule has 6 heteroatoms. The first-order valence-electron chi connectivity index (χ1n) is 7.10. The summed E-state index contributed by atoms with van der Waals surface area (Å²) in [5, 5.41) is 0.139. The van der Waals surface area contributed by atoms with Crippen molar-refractivity contribution in [2.75, 3.05) is 19.5 Å². The molecule has 5 nitrogen and oxygen atoms in total. The third-order valence-corrected chi connectivity index (χ3v) is 5.55. The van der Waals surface area contributed by atoms with Gasteiger partial charge in [-0.2, -0.15) is 0 Å². The minimum atomic E-state index is 0.136. The number of hydrogen-bond donors (Lipinski definition) is 0. The Labute approximate surface area is 123 Å². The second-order valence-corrected chi connectivity index (χ2v) is 6.84. The molecule has 0 spiro atoms. The van der Waals surface area contributed by atoms with Crippen molar-refractivity contribution in [2.45, 2.75) is 37.1 Å². The number of hydrogen-bond acceptors (Lipinski definition) is 4. The molecule has 0 bridgehead atoms. The van der Waals surface area contributed by atoms with E-state index in [1.165, 1.54) is 5.69 Å². The van der Waals surface area contributed by atoms with E-state index in [0.717, 1.165) is 30.7 Å². The van der Waals surface area contributed by atoms with Crippen LogP contribution < -0.4 is 0 Å². The van der Waals surface area contributed by atoms with Crippen molar-refractivity contribution in [2.24, 2.45) is 7.05 Å². The van der Waals surface area contributed by atoms with Crippen molar-refractivity contribution in [1.82, 2.24) is 14.5 Å². The van der Waals surface area contributed by atoms with Crippen LogP contribution in [0.4, 0.5) is 0 Å². The Balaban J connectivity index is 1.82. The third-order valence-electron chi connectivity index (χ3n) is 4.18. The lowest BCUT2D eigenvalue weighted by atomic mass is 10.0. The number of aromatic nitrogens is 2. The summed E-state index contributed by atoms with van der Waals surface area (Å²) >= 11 is 1.79. The highest BCUT2D eigenvalue weighted by atomic mass is 32.2. The van der Waals surface area contributed by atoms with Crippen LogP contribution in [0.25, 0.3) is 0 Å². The van der Waals surface area contributed by atoms with Gasteiger partial charge >= 0.3 is 0 Å². The van der Waals surface area contributed by atoms with Gasteiger partial charge in [-0.05, 0) is 18.6 Å². The molecule has 0 aliphatic carbocycles. The number of thioether (sulfide) groups is 1. The Morgan fingerprint density at radius 1 is 1.60 bits per heavy atom. The lowest BCUT2D eigenvalue weighted by Crippen LogP contribution is -2.49. The second kappa shape index (κ2) is 5.77. The molecular weight excluding hydrogens is 274 g/mol. The van der Waals surface area contributed by atoms with Gasteiger partial charge < -0.3 is 14.2 Å². The minimum Gasteiger partial charge on any atom is -0.383 e. The Kier molecular flexibility index (Phi) is 4.03. The van der Waals surface area contributed by atoms with Gasteiger partial charge in [-0.3, -0.25) is 4.79 Å². The van der Waals surface area contributed by atoms with Crippen LogP contribution in [0.5, 0.6) is 0 Å². The summed E-state index contributed by atoms with van der Waals surface area (Å²) in [5.41, 5.74) is 2.27. The van der Waals surface area contributed by atoms with Crippen molar-refractivity contribution in [3.63, 3.8) is 0 Å². The van der Waals surface area contributed by atoms with Crippen molar-refractivity contribution in [3.05, 3.63) is 17.7 Å². The van der Waals surface area contributed by atoms with Crippen molar-refractivity contribution in [3.8, 4) is 0 Å². The summed E-state index contributed by atoms with van der Waals surface area (Å²) in [6.07, 6.45) is 4.84. The first-order chi connectivity index (χ1) is 9.70. The van der Waals surface area contributed by atoms with Crippen molar-refractivity contribution >= 4 is 17.7 Å². The molecule has 0 aromatic carbocycles. The molecule has 2 aliphatic heterocycles. The van der Waals surface area contributed by atoms with Crippen molar-refractivity contribution in [1.29, 1.82) is 0 Å². The summed E-state index contributed by atoms with van der Waals surface area (Å²) < 4.78 is 7.39. The molecule has 3 heterocycles. The molecule has 0 saturated carbocycles. The number of nitrogens with zero attached hydrogens (tertiary/aromatic N) is 3. The highest BCUT2D eigenvalue weighted by Gasteiger charge is 2.36. The predicted octanol–water partition coefficient (Wildman–Crippen LogP) is 1.22. The quantitative estimate of drug-likeness (QED) is 0.841. The molecule has 1 aromatic heterocycles. The van der Waals surface area contributed by atoms with Crippen LogP contribution in [-0.2, 0) is 29.5 Å². The maximum absolute atomic E-state index is 12.7. The van der Waals surface area contributed by atoms with Crippen LogP contribution in [0, 0.1) is 0 Å². The lowest BCUT2D eigenvalue weighted by molar-refractivity contribution is -0.135. The highest BCUT2D eigenvalue weighted by molar-refractivity contribution is 8.00.